The lowest BCUT2D eigenvalue weighted by molar-refractivity contribution is 0.646. The van der Waals surface area contributed by atoms with Gasteiger partial charge < -0.3 is 0 Å². The first-order valence-corrected chi connectivity index (χ1v) is 4.88. The van der Waals surface area contributed by atoms with Crippen molar-refractivity contribution in [3.8, 4) is 0 Å². The van der Waals surface area contributed by atoms with E-state index in [4.69, 9.17) is 11.6 Å². The van der Waals surface area contributed by atoms with Crippen LogP contribution in [0, 0.1) is 0 Å². The smallest absolute Gasteiger partial charge is 0.165 e. The van der Waals surface area contributed by atoms with E-state index < -0.39 is 0 Å². The summed E-state index contributed by atoms with van der Waals surface area (Å²) in [6, 6.07) is 1.65. The minimum atomic E-state index is 0.396. The van der Waals surface area contributed by atoms with Gasteiger partial charge in [0.1, 0.15) is 30.7 Å². The number of aromatic nitrogens is 7. The highest BCUT2D eigenvalue weighted by Gasteiger charge is 2.06. The fourth-order valence-electron chi connectivity index (χ4n) is 1.39. The Morgan fingerprint density at radius 2 is 2.19 bits per heavy atom. The molecule has 3 aromatic heterocycles. The molecule has 0 amide bonds. The summed E-state index contributed by atoms with van der Waals surface area (Å²) in [5, 5.41) is 12.4. The quantitative estimate of drug-likeness (QED) is 0.602. The molecular weight excluding hydrogens is 230 g/mol. The molecule has 3 rings (SSSR count). The highest BCUT2D eigenvalue weighted by atomic mass is 35.5. The van der Waals surface area contributed by atoms with Crippen LogP contribution in [0.1, 0.15) is 5.82 Å². The fourth-order valence-corrected chi connectivity index (χ4v) is 1.53. The second kappa shape index (κ2) is 3.53. The topological polar surface area (TPSA) is 73.8 Å². The van der Waals surface area contributed by atoms with Crippen LogP contribution < -0.4 is 0 Å². The van der Waals surface area contributed by atoms with E-state index in [2.05, 4.69) is 25.3 Å². The molecule has 3 heterocycles. The Bertz CT molecular complexity index is 614. The summed E-state index contributed by atoms with van der Waals surface area (Å²) >= 11 is 5.75. The van der Waals surface area contributed by atoms with Crippen LogP contribution in [-0.2, 0) is 6.54 Å². The van der Waals surface area contributed by atoms with E-state index in [1.807, 2.05) is 0 Å². The second-order valence-electron chi connectivity index (χ2n) is 3.15. The zero-order valence-electron chi connectivity index (χ0n) is 8.02. The van der Waals surface area contributed by atoms with Gasteiger partial charge in [0.25, 0.3) is 0 Å². The number of rotatable bonds is 2. The van der Waals surface area contributed by atoms with Gasteiger partial charge in [0.2, 0.25) is 0 Å². The molecule has 8 heteroatoms. The molecule has 16 heavy (non-hydrogen) atoms. The van der Waals surface area contributed by atoms with Gasteiger partial charge in [0, 0.05) is 6.07 Å². The Labute approximate surface area is 94.7 Å². The van der Waals surface area contributed by atoms with Gasteiger partial charge in [-0.15, -0.1) is 10.2 Å². The Kier molecular flexibility index (Phi) is 2.03. The Morgan fingerprint density at radius 1 is 1.25 bits per heavy atom. The highest BCUT2D eigenvalue weighted by molar-refractivity contribution is 6.29. The van der Waals surface area contributed by atoms with Crippen LogP contribution in [0.2, 0.25) is 5.15 Å². The van der Waals surface area contributed by atoms with Gasteiger partial charge in [-0.3, -0.25) is 4.40 Å². The van der Waals surface area contributed by atoms with Crippen molar-refractivity contribution < 1.29 is 0 Å². The molecule has 0 fully saturated rings. The van der Waals surface area contributed by atoms with Gasteiger partial charge in [-0.1, -0.05) is 11.6 Å². The van der Waals surface area contributed by atoms with Crippen molar-refractivity contribution in [2.45, 2.75) is 6.54 Å². The molecule has 7 nitrogen and oxygen atoms in total. The third kappa shape index (κ3) is 1.50. The SMILES string of the molecule is Clc1cc2nnc(Cn3cncn3)n2cn1. The molecular formula is C8H6ClN7. The normalized spacial score (nSPS) is 11.1. The lowest BCUT2D eigenvalue weighted by Crippen LogP contribution is -2.04. The van der Waals surface area contributed by atoms with Gasteiger partial charge >= 0.3 is 0 Å². The minimum Gasteiger partial charge on any atom is -0.268 e. The van der Waals surface area contributed by atoms with Crippen molar-refractivity contribution in [1.29, 1.82) is 0 Å². The standard InChI is InChI=1S/C8H6ClN7/c9-6-1-7-13-14-8(16(7)5-11-6)2-15-4-10-3-12-15/h1,3-5H,2H2. The minimum absolute atomic E-state index is 0.396. The van der Waals surface area contributed by atoms with Crippen molar-refractivity contribution in [1.82, 2.24) is 34.3 Å². The van der Waals surface area contributed by atoms with Gasteiger partial charge in [-0.05, 0) is 0 Å². The lowest BCUT2D eigenvalue weighted by atomic mass is 10.5. The molecule has 0 aliphatic heterocycles. The number of nitrogens with zero attached hydrogens (tertiary/aromatic N) is 7. The molecule has 0 aliphatic carbocycles. The van der Waals surface area contributed by atoms with E-state index in [9.17, 15) is 0 Å². The maximum absolute atomic E-state index is 5.75. The van der Waals surface area contributed by atoms with Gasteiger partial charge in [0.05, 0.1) is 0 Å². The summed E-state index contributed by atoms with van der Waals surface area (Å²) in [5.74, 6) is 0.727. The zero-order valence-corrected chi connectivity index (χ0v) is 8.78. The Morgan fingerprint density at radius 3 is 3.00 bits per heavy atom. The van der Waals surface area contributed by atoms with E-state index in [1.165, 1.54) is 6.33 Å². The number of hydrogen-bond acceptors (Lipinski definition) is 5. The third-order valence-corrected chi connectivity index (χ3v) is 2.31. The second-order valence-corrected chi connectivity index (χ2v) is 3.54. The van der Waals surface area contributed by atoms with Crippen LogP contribution in [0.25, 0.3) is 5.65 Å². The van der Waals surface area contributed by atoms with Crippen LogP contribution in [0.3, 0.4) is 0 Å². The lowest BCUT2D eigenvalue weighted by Gasteiger charge is -1.98. The molecule has 0 spiro atoms. The van der Waals surface area contributed by atoms with Crippen molar-refractivity contribution in [3.05, 3.63) is 36.0 Å². The van der Waals surface area contributed by atoms with Crippen molar-refractivity contribution in [2.75, 3.05) is 0 Å². The maximum atomic E-state index is 5.75. The van der Waals surface area contributed by atoms with Crippen LogP contribution in [0.5, 0.6) is 0 Å². The van der Waals surface area contributed by atoms with Crippen molar-refractivity contribution in [3.63, 3.8) is 0 Å². The maximum Gasteiger partial charge on any atom is 0.165 e. The highest BCUT2D eigenvalue weighted by Crippen LogP contribution is 2.08. The first-order valence-electron chi connectivity index (χ1n) is 4.50. The van der Waals surface area contributed by atoms with Crippen LogP contribution in [0.4, 0.5) is 0 Å². The molecule has 0 radical (unpaired) electrons. The van der Waals surface area contributed by atoms with Crippen LogP contribution in [-0.4, -0.2) is 34.3 Å². The molecule has 0 atom stereocenters. The third-order valence-electron chi connectivity index (χ3n) is 2.11. The predicted molar refractivity (Wildman–Crippen MR) is 54.9 cm³/mol. The average Bonchev–Trinajstić information content (AvgIpc) is 2.89. The van der Waals surface area contributed by atoms with Gasteiger partial charge in [-0.2, -0.15) is 5.10 Å². The van der Waals surface area contributed by atoms with Crippen LogP contribution >= 0.6 is 11.6 Å². The monoisotopic (exact) mass is 235 g/mol. The first kappa shape index (κ1) is 9.22. The Hall–Kier alpha value is -2.02. The molecule has 0 saturated heterocycles. The molecule has 80 valence electrons. The summed E-state index contributed by atoms with van der Waals surface area (Å²) in [6.45, 7) is 0.491. The predicted octanol–water partition coefficient (Wildman–Crippen LogP) is 0.417. The molecule has 0 unspecified atom stereocenters. The molecule has 3 aromatic rings. The van der Waals surface area contributed by atoms with E-state index in [-0.39, 0.29) is 0 Å². The number of fused-ring (bicyclic) bond motifs is 1. The van der Waals surface area contributed by atoms with Crippen molar-refractivity contribution in [2.24, 2.45) is 0 Å². The summed E-state index contributed by atoms with van der Waals surface area (Å²) in [5.41, 5.74) is 0.662. The summed E-state index contributed by atoms with van der Waals surface area (Å²) in [4.78, 5) is 7.83. The van der Waals surface area contributed by atoms with Crippen LogP contribution in [0.15, 0.2) is 25.0 Å². The first-order chi connectivity index (χ1) is 7.83. The summed E-state index contributed by atoms with van der Waals surface area (Å²) in [6.07, 6.45) is 4.67. The summed E-state index contributed by atoms with van der Waals surface area (Å²) < 4.78 is 3.42. The zero-order chi connectivity index (χ0) is 11.0. The number of hydrogen-bond donors (Lipinski definition) is 0. The number of halogens is 1. The van der Waals surface area contributed by atoms with Gasteiger partial charge in [0.15, 0.2) is 11.5 Å². The van der Waals surface area contributed by atoms with E-state index in [0.717, 1.165) is 5.82 Å². The molecule has 0 N–H and O–H groups in total. The molecule has 0 aromatic carbocycles. The van der Waals surface area contributed by atoms with E-state index in [0.29, 0.717) is 17.3 Å². The average molecular weight is 236 g/mol. The summed E-state index contributed by atoms with van der Waals surface area (Å²) in [7, 11) is 0. The van der Waals surface area contributed by atoms with Crippen molar-refractivity contribution >= 4 is 17.2 Å². The molecule has 0 aliphatic rings. The Balaban J connectivity index is 2.04. The largest absolute Gasteiger partial charge is 0.268 e. The fraction of sp³-hybridized carbons (Fsp3) is 0.125. The van der Waals surface area contributed by atoms with E-state index in [1.54, 1.807) is 27.8 Å². The molecule has 0 bridgehead atoms. The molecule has 0 saturated carbocycles. The van der Waals surface area contributed by atoms with Gasteiger partial charge in [-0.25, -0.2) is 14.6 Å². The van der Waals surface area contributed by atoms with E-state index >= 15 is 0 Å².